The van der Waals surface area contributed by atoms with E-state index in [9.17, 15) is 0 Å². The number of rotatable bonds is 6. The van der Waals surface area contributed by atoms with Gasteiger partial charge in [-0.15, -0.1) is 0 Å². The molecule has 0 aromatic carbocycles. The van der Waals surface area contributed by atoms with Crippen LogP contribution in [-0.2, 0) is 6.42 Å². The van der Waals surface area contributed by atoms with E-state index in [0.29, 0.717) is 0 Å². The molecule has 1 nitrogen and oxygen atoms in total. The van der Waals surface area contributed by atoms with Crippen LogP contribution in [0.15, 0.2) is 16.8 Å². The summed E-state index contributed by atoms with van der Waals surface area (Å²) in [6, 6.07) is 2.23. The molecule has 0 saturated carbocycles. The Hall–Kier alpha value is -0.340. The summed E-state index contributed by atoms with van der Waals surface area (Å²) in [5, 5.41) is 7.79. The summed E-state index contributed by atoms with van der Waals surface area (Å²) in [5.74, 6) is 0.792. The van der Waals surface area contributed by atoms with Crippen LogP contribution in [0.5, 0.6) is 0 Å². The van der Waals surface area contributed by atoms with Crippen molar-refractivity contribution in [1.29, 1.82) is 0 Å². The predicted octanol–water partition coefficient (Wildman–Crippen LogP) is 2.93. The number of aryl methyl sites for hydroxylation is 1. The first-order valence-corrected chi connectivity index (χ1v) is 5.99. The van der Waals surface area contributed by atoms with Crippen molar-refractivity contribution in [3.05, 3.63) is 22.4 Å². The van der Waals surface area contributed by atoms with Gasteiger partial charge >= 0.3 is 0 Å². The molecule has 1 atom stereocenters. The maximum Gasteiger partial charge on any atom is -0.00232 e. The Bertz CT molecular complexity index is 206. The van der Waals surface area contributed by atoms with Gasteiger partial charge in [-0.3, -0.25) is 0 Å². The lowest BCUT2D eigenvalue weighted by Crippen LogP contribution is -2.20. The minimum atomic E-state index is 0.792. The van der Waals surface area contributed by atoms with E-state index in [4.69, 9.17) is 0 Å². The Labute approximate surface area is 85.2 Å². The zero-order valence-corrected chi connectivity index (χ0v) is 9.36. The molecule has 1 unspecified atom stereocenters. The summed E-state index contributed by atoms with van der Waals surface area (Å²) in [6.07, 6.45) is 2.53. The van der Waals surface area contributed by atoms with E-state index >= 15 is 0 Å². The van der Waals surface area contributed by atoms with Crippen molar-refractivity contribution >= 4 is 11.3 Å². The Morgan fingerprint density at radius 2 is 2.38 bits per heavy atom. The van der Waals surface area contributed by atoms with Gasteiger partial charge in [-0.2, -0.15) is 11.3 Å². The van der Waals surface area contributed by atoms with Gasteiger partial charge in [0.15, 0.2) is 0 Å². The van der Waals surface area contributed by atoms with Crippen molar-refractivity contribution in [2.75, 3.05) is 13.1 Å². The lowest BCUT2D eigenvalue weighted by atomic mass is 10.0. The van der Waals surface area contributed by atoms with E-state index in [0.717, 1.165) is 19.0 Å². The molecule has 74 valence electrons. The normalized spacial score (nSPS) is 13.1. The highest BCUT2D eigenvalue weighted by Crippen LogP contribution is 2.11. The molecule has 0 spiro atoms. The summed E-state index contributed by atoms with van der Waals surface area (Å²) in [7, 11) is 0. The Morgan fingerprint density at radius 1 is 1.54 bits per heavy atom. The van der Waals surface area contributed by atoms with E-state index in [-0.39, 0.29) is 0 Å². The molecule has 13 heavy (non-hydrogen) atoms. The molecule has 2 heteroatoms. The Kier molecular flexibility index (Phi) is 5.09. The maximum atomic E-state index is 3.38. The third kappa shape index (κ3) is 4.44. The molecule has 1 heterocycles. The van der Waals surface area contributed by atoms with Gasteiger partial charge in [0.1, 0.15) is 0 Å². The molecule has 0 saturated heterocycles. The molecular formula is C11H19NS. The average Bonchev–Trinajstić information content (AvgIpc) is 2.64. The van der Waals surface area contributed by atoms with Crippen molar-refractivity contribution in [1.82, 2.24) is 5.32 Å². The quantitative estimate of drug-likeness (QED) is 0.739. The van der Waals surface area contributed by atoms with Crippen molar-refractivity contribution in [2.24, 2.45) is 5.92 Å². The second-order valence-electron chi connectivity index (χ2n) is 3.58. The molecule has 1 aromatic heterocycles. The lowest BCUT2D eigenvalue weighted by Gasteiger charge is -2.10. The highest BCUT2D eigenvalue weighted by Gasteiger charge is 2.01. The van der Waals surface area contributed by atoms with Crippen LogP contribution in [0, 0.1) is 5.92 Å². The largest absolute Gasteiger partial charge is 0.317 e. The zero-order chi connectivity index (χ0) is 9.52. The smallest absolute Gasteiger partial charge is 0.00232 e. The first kappa shape index (κ1) is 10.7. The summed E-state index contributed by atoms with van der Waals surface area (Å²) < 4.78 is 0. The van der Waals surface area contributed by atoms with Gasteiger partial charge < -0.3 is 5.32 Å². The van der Waals surface area contributed by atoms with Gasteiger partial charge in [0.25, 0.3) is 0 Å². The van der Waals surface area contributed by atoms with Gasteiger partial charge in [-0.05, 0) is 54.2 Å². The molecule has 0 bridgehead atoms. The predicted molar refractivity (Wildman–Crippen MR) is 60.3 cm³/mol. The topological polar surface area (TPSA) is 12.0 Å². The van der Waals surface area contributed by atoms with E-state index in [1.807, 2.05) is 0 Å². The number of nitrogens with one attached hydrogen (secondary N) is 1. The summed E-state index contributed by atoms with van der Waals surface area (Å²) >= 11 is 1.79. The molecule has 0 amide bonds. The third-order valence-corrected chi connectivity index (χ3v) is 2.98. The van der Waals surface area contributed by atoms with Gasteiger partial charge in [-0.25, -0.2) is 0 Å². The van der Waals surface area contributed by atoms with Crippen LogP contribution >= 0.6 is 11.3 Å². The molecule has 1 N–H and O–H groups in total. The molecule has 0 aliphatic rings. The van der Waals surface area contributed by atoms with Crippen LogP contribution < -0.4 is 5.32 Å². The fraction of sp³-hybridized carbons (Fsp3) is 0.636. The van der Waals surface area contributed by atoms with Gasteiger partial charge in [0, 0.05) is 0 Å². The standard InChI is InChI=1S/C11H19NS/c1-3-12-8-10(2)4-5-11-6-7-13-9-11/h6-7,9-10,12H,3-5,8H2,1-2H3. The molecular weight excluding hydrogens is 178 g/mol. The van der Waals surface area contributed by atoms with Gasteiger partial charge in [0.05, 0.1) is 0 Å². The van der Waals surface area contributed by atoms with Crippen LogP contribution in [0.3, 0.4) is 0 Å². The van der Waals surface area contributed by atoms with E-state index in [1.54, 1.807) is 11.3 Å². The average molecular weight is 197 g/mol. The molecule has 1 aromatic rings. The number of thiophene rings is 1. The second-order valence-corrected chi connectivity index (χ2v) is 4.36. The first-order valence-electron chi connectivity index (χ1n) is 5.04. The molecule has 1 rings (SSSR count). The first-order chi connectivity index (χ1) is 6.33. The van der Waals surface area contributed by atoms with E-state index in [1.165, 1.54) is 18.4 Å². The van der Waals surface area contributed by atoms with Gasteiger partial charge in [0.2, 0.25) is 0 Å². The van der Waals surface area contributed by atoms with Crippen molar-refractivity contribution in [3.8, 4) is 0 Å². The third-order valence-electron chi connectivity index (χ3n) is 2.25. The molecule has 0 radical (unpaired) electrons. The Morgan fingerprint density at radius 3 is 3.00 bits per heavy atom. The SMILES string of the molecule is CCNCC(C)CCc1ccsc1. The molecule has 0 aliphatic carbocycles. The highest BCUT2D eigenvalue weighted by molar-refractivity contribution is 7.07. The minimum Gasteiger partial charge on any atom is -0.317 e. The van der Waals surface area contributed by atoms with Gasteiger partial charge in [-0.1, -0.05) is 13.8 Å². The van der Waals surface area contributed by atoms with Crippen LogP contribution in [0.1, 0.15) is 25.8 Å². The fourth-order valence-electron chi connectivity index (χ4n) is 1.34. The maximum absolute atomic E-state index is 3.38. The summed E-state index contributed by atoms with van der Waals surface area (Å²) in [4.78, 5) is 0. The minimum absolute atomic E-state index is 0.792. The van der Waals surface area contributed by atoms with Crippen LogP contribution in [0.25, 0.3) is 0 Å². The van der Waals surface area contributed by atoms with Crippen LogP contribution in [-0.4, -0.2) is 13.1 Å². The second kappa shape index (κ2) is 6.17. The zero-order valence-electron chi connectivity index (χ0n) is 8.55. The van der Waals surface area contributed by atoms with Crippen molar-refractivity contribution in [2.45, 2.75) is 26.7 Å². The van der Waals surface area contributed by atoms with E-state index in [2.05, 4.69) is 36.0 Å². The highest BCUT2D eigenvalue weighted by atomic mass is 32.1. The van der Waals surface area contributed by atoms with Crippen LogP contribution in [0.2, 0.25) is 0 Å². The summed E-state index contributed by atoms with van der Waals surface area (Å²) in [6.45, 7) is 6.71. The van der Waals surface area contributed by atoms with Crippen molar-refractivity contribution in [3.63, 3.8) is 0 Å². The Balaban J connectivity index is 2.11. The molecule has 0 aliphatic heterocycles. The fourth-order valence-corrected chi connectivity index (χ4v) is 2.04. The summed E-state index contributed by atoms with van der Waals surface area (Å²) in [5.41, 5.74) is 1.49. The molecule has 0 fully saturated rings. The lowest BCUT2D eigenvalue weighted by molar-refractivity contribution is 0.489. The monoisotopic (exact) mass is 197 g/mol. The number of hydrogen-bond donors (Lipinski definition) is 1. The van der Waals surface area contributed by atoms with Crippen LogP contribution in [0.4, 0.5) is 0 Å². The van der Waals surface area contributed by atoms with Crippen molar-refractivity contribution < 1.29 is 0 Å². The van der Waals surface area contributed by atoms with E-state index < -0.39 is 0 Å². The number of hydrogen-bond acceptors (Lipinski definition) is 2.